The van der Waals surface area contributed by atoms with Gasteiger partial charge in [0.2, 0.25) is 0 Å². The highest BCUT2D eigenvalue weighted by molar-refractivity contribution is 9.10. The summed E-state index contributed by atoms with van der Waals surface area (Å²) in [5.74, 6) is -0.286. The van der Waals surface area contributed by atoms with E-state index in [1.165, 1.54) is 12.1 Å². The molecule has 1 atom stereocenters. The van der Waals surface area contributed by atoms with Crippen LogP contribution in [0.1, 0.15) is 25.8 Å². The van der Waals surface area contributed by atoms with E-state index in [4.69, 9.17) is 4.74 Å². The summed E-state index contributed by atoms with van der Waals surface area (Å²) >= 11 is 3.25. The second-order valence-electron chi connectivity index (χ2n) is 3.73. The van der Waals surface area contributed by atoms with Crippen molar-refractivity contribution in [3.63, 3.8) is 0 Å². The zero-order valence-electron chi connectivity index (χ0n) is 10.0. The molecule has 0 spiro atoms. The fourth-order valence-electron chi connectivity index (χ4n) is 1.61. The third kappa shape index (κ3) is 4.21. The maximum Gasteiger partial charge on any atom is 0.165 e. The van der Waals surface area contributed by atoms with E-state index in [9.17, 15) is 9.18 Å². The molecule has 0 aliphatic rings. The van der Waals surface area contributed by atoms with Crippen molar-refractivity contribution in [3.05, 3.63) is 34.1 Å². The lowest BCUT2D eigenvalue weighted by Gasteiger charge is -2.14. The Bertz CT molecular complexity index is 393. The second kappa shape index (κ2) is 6.87. The third-order valence-electron chi connectivity index (χ3n) is 2.48. The quantitative estimate of drug-likeness (QED) is 0.804. The van der Waals surface area contributed by atoms with Crippen molar-refractivity contribution in [2.75, 3.05) is 6.61 Å². The van der Waals surface area contributed by atoms with Crippen molar-refractivity contribution < 1.29 is 13.9 Å². The molecule has 0 saturated carbocycles. The monoisotopic (exact) mass is 302 g/mol. The van der Waals surface area contributed by atoms with Crippen LogP contribution in [0.2, 0.25) is 0 Å². The topological polar surface area (TPSA) is 26.3 Å². The average Bonchev–Trinajstić information content (AvgIpc) is 2.29. The van der Waals surface area contributed by atoms with Gasteiger partial charge in [-0.15, -0.1) is 0 Å². The molecule has 0 fully saturated rings. The Morgan fingerprint density at radius 3 is 2.71 bits per heavy atom. The minimum Gasteiger partial charge on any atom is -0.371 e. The van der Waals surface area contributed by atoms with Crippen LogP contribution in [0, 0.1) is 5.82 Å². The predicted octanol–water partition coefficient (Wildman–Crippen LogP) is 3.51. The summed E-state index contributed by atoms with van der Waals surface area (Å²) in [4.78, 5) is 11.9. The van der Waals surface area contributed by atoms with Crippen LogP contribution in [0.3, 0.4) is 0 Å². The first kappa shape index (κ1) is 14.3. The molecular weight excluding hydrogens is 287 g/mol. The van der Waals surface area contributed by atoms with Crippen molar-refractivity contribution in [2.45, 2.75) is 32.8 Å². The van der Waals surface area contributed by atoms with Gasteiger partial charge < -0.3 is 4.74 Å². The Hall–Kier alpha value is -0.740. The van der Waals surface area contributed by atoms with Gasteiger partial charge in [-0.05, 0) is 31.0 Å². The Balaban J connectivity index is 2.73. The lowest BCUT2D eigenvalue weighted by Crippen LogP contribution is -2.25. The number of benzene rings is 1. The number of carbonyl (C=O) groups excluding carboxylic acids is 1. The van der Waals surface area contributed by atoms with Crippen LogP contribution in [-0.2, 0) is 16.0 Å². The molecule has 0 aromatic heterocycles. The van der Waals surface area contributed by atoms with Gasteiger partial charge in [0.05, 0.1) is 0 Å². The van der Waals surface area contributed by atoms with Gasteiger partial charge in [0, 0.05) is 17.5 Å². The third-order valence-corrected chi connectivity index (χ3v) is 3.22. The number of Topliss-reactive ketones (excluding diaryl/α,β-unsaturated/α-hetero) is 1. The first-order valence-electron chi connectivity index (χ1n) is 5.66. The summed E-state index contributed by atoms with van der Waals surface area (Å²) in [5, 5.41) is 0. The van der Waals surface area contributed by atoms with E-state index in [0.717, 1.165) is 5.56 Å². The van der Waals surface area contributed by atoms with E-state index < -0.39 is 0 Å². The van der Waals surface area contributed by atoms with Crippen LogP contribution in [-0.4, -0.2) is 18.5 Å². The highest BCUT2D eigenvalue weighted by Crippen LogP contribution is 2.19. The van der Waals surface area contributed by atoms with Crippen molar-refractivity contribution in [1.82, 2.24) is 0 Å². The first-order chi connectivity index (χ1) is 8.08. The van der Waals surface area contributed by atoms with Gasteiger partial charge in [0.15, 0.2) is 5.78 Å². The summed E-state index contributed by atoms with van der Waals surface area (Å²) in [6.45, 7) is 4.30. The minimum absolute atomic E-state index is 0.0293. The molecule has 1 rings (SSSR count). The zero-order chi connectivity index (χ0) is 12.8. The maximum atomic E-state index is 12.9. The molecule has 0 aliphatic carbocycles. The fourth-order valence-corrected chi connectivity index (χ4v) is 2.10. The number of ketones is 1. The van der Waals surface area contributed by atoms with Gasteiger partial charge in [0.1, 0.15) is 11.9 Å². The molecule has 0 N–H and O–H groups in total. The molecule has 0 amide bonds. The molecule has 1 unspecified atom stereocenters. The van der Waals surface area contributed by atoms with E-state index in [1.807, 2.05) is 13.8 Å². The summed E-state index contributed by atoms with van der Waals surface area (Å²) in [6.07, 6.45) is 0.558. The molecule has 94 valence electrons. The largest absolute Gasteiger partial charge is 0.371 e. The summed E-state index contributed by atoms with van der Waals surface area (Å²) in [5.41, 5.74) is 0.787. The molecule has 0 heterocycles. The van der Waals surface area contributed by atoms with Crippen molar-refractivity contribution in [2.24, 2.45) is 0 Å². The normalized spacial score (nSPS) is 12.5. The lowest BCUT2D eigenvalue weighted by atomic mass is 10.0. The Morgan fingerprint density at radius 2 is 2.18 bits per heavy atom. The molecule has 0 saturated heterocycles. The van der Waals surface area contributed by atoms with Gasteiger partial charge in [-0.2, -0.15) is 0 Å². The number of ether oxygens (including phenoxy) is 1. The highest BCUT2D eigenvalue weighted by Gasteiger charge is 2.17. The number of carbonyl (C=O) groups is 1. The number of hydrogen-bond donors (Lipinski definition) is 0. The van der Waals surface area contributed by atoms with E-state index in [-0.39, 0.29) is 24.1 Å². The van der Waals surface area contributed by atoms with Gasteiger partial charge in [-0.3, -0.25) is 4.79 Å². The lowest BCUT2D eigenvalue weighted by molar-refractivity contribution is -0.129. The molecule has 1 aromatic rings. The van der Waals surface area contributed by atoms with Crippen LogP contribution in [0.15, 0.2) is 22.7 Å². The molecule has 2 nitrogen and oxygen atoms in total. The van der Waals surface area contributed by atoms with E-state index in [0.29, 0.717) is 17.5 Å². The van der Waals surface area contributed by atoms with E-state index in [1.54, 1.807) is 6.07 Å². The Kier molecular flexibility index (Phi) is 5.78. The Morgan fingerprint density at radius 1 is 1.47 bits per heavy atom. The predicted molar refractivity (Wildman–Crippen MR) is 68.5 cm³/mol. The van der Waals surface area contributed by atoms with Crippen LogP contribution >= 0.6 is 15.9 Å². The maximum absolute atomic E-state index is 12.9. The molecule has 17 heavy (non-hydrogen) atoms. The van der Waals surface area contributed by atoms with Gasteiger partial charge in [-0.25, -0.2) is 4.39 Å². The number of rotatable bonds is 6. The molecule has 0 aliphatic heterocycles. The van der Waals surface area contributed by atoms with Crippen molar-refractivity contribution in [1.29, 1.82) is 0 Å². The molecule has 4 heteroatoms. The molecule has 0 radical (unpaired) electrons. The number of hydrogen-bond acceptors (Lipinski definition) is 2. The zero-order valence-corrected chi connectivity index (χ0v) is 11.6. The fraction of sp³-hybridized carbons (Fsp3) is 0.462. The summed E-state index contributed by atoms with van der Waals surface area (Å²) in [6, 6.07) is 4.34. The second-order valence-corrected chi connectivity index (χ2v) is 4.59. The highest BCUT2D eigenvalue weighted by atomic mass is 79.9. The molecule has 0 bridgehead atoms. The van der Waals surface area contributed by atoms with Crippen LogP contribution < -0.4 is 0 Å². The molecule has 1 aromatic carbocycles. The van der Waals surface area contributed by atoms with Crippen LogP contribution in [0.5, 0.6) is 0 Å². The smallest absolute Gasteiger partial charge is 0.165 e. The summed E-state index contributed by atoms with van der Waals surface area (Å²) < 4.78 is 18.9. The SMILES string of the molecule is CCOC(CC)C(=O)Cc1ccc(F)cc1Br. The van der Waals surface area contributed by atoms with E-state index >= 15 is 0 Å². The van der Waals surface area contributed by atoms with E-state index in [2.05, 4.69) is 15.9 Å². The first-order valence-corrected chi connectivity index (χ1v) is 6.46. The van der Waals surface area contributed by atoms with Crippen LogP contribution in [0.4, 0.5) is 4.39 Å². The molecular formula is C13H16BrFO2. The average molecular weight is 303 g/mol. The van der Waals surface area contributed by atoms with Crippen molar-refractivity contribution >= 4 is 21.7 Å². The summed E-state index contributed by atoms with van der Waals surface area (Å²) in [7, 11) is 0. The van der Waals surface area contributed by atoms with Crippen LogP contribution in [0.25, 0.3) is 0 Å². The number of halogens is 2. The minimum atomic E-state index is -0.364. The Labute approximate surface area is 109 Å². The van der Waals surface area contributed by atoms with Gasteiger partial charge >= 0.3 is 0 Å². The van der Waals surface area contributed by atoms with Crippen molar-refractivity contribution in [3.8, 4) is 0 Å². The van der Waals surface area contributed by atoms with Gasteiger partial charge in [-0.1, -0.05) is 28.9 Å². The van der Waals surface area contributed by atoms with Gasteiger partial charge in [0.25, 0.3) is 0 Å². The standard InChI is InChI=1S/C13H16BrFO2/c1-3-13(17-4-2)12(16)7-9-5-6-10(15)8-11(9)14/h5-6,8,13H,3-4,7H2,1-2H3.